The van der Waals surface area contributed by atoms with Gasteiger partial charge in [-0.3, -0.25) is 0 Å². The first-order valence-electron chi connectivity index (χ1n) is 6.00. The number of alkyl halides is 9. The number of alkyl carbamates (subject to hydrolysis) is 1. The predicted octanol–water partition coefficient (Wildman–Crippen LogP) is 4.22. The molecule has 1 aliphatic rings. The van der Waals surface area contributed by atoms with Crippen LogP contribution in [0.2, 0.25) is 0 Å². The molecule has 1 saturated heterocycles. The second-order valence-corrected chi connectivity index (χ2v) is 4.86. The lowest BCUT2D eigenvalue weighted by atomic mass is 9.90. The summed E-state index contributed by atoms with van der Waals surface area (Å²) in [5.74, 6) is 0. The summed E-state index contributed by atoms with van der Waals surface area (Å²) in [6.07, 6.45) is -17.7. The minimum Gasteiger partial charge on any atom is -0.426 e. The molecule has 0 aliphatic carbocycles. The van der Waals surface area contributed by atoms with E-state index in [4.69, 9.17) is 0 Å². The van der Waals surface area contributed by atoms with Crippen LogP contribution in [-0.4, -0.2) is 18.8 Å². The fraction of sp³-hybridized carbons (Fsp3) is 0.417. The third kappa shape index (κ3) is 3.08. The molecular formula is C12H6F9NO2. The summed E-state index contributed by atoms with van der Waals surface area (Å²) < 4.78 is 120. The second-order valence-electron chi connectivity index (χ2n) is 4.86. The molecule has 0 spiro atoms. The van der Waals surface area contributed by atoms with E-state index in [2.05, 4.69) is 4.74 Å². The molecular weight excluding hydrogens is 361 g/mol. The zero-order valence-electron chi connectivity index (χ0n) is 11.2. The van der Waals surface area contributed by atoms with E-state index < -0.39 is 53.5 Å². The van der Waals surface area contributed by atoms with Crippen molar-refractivity contribution in [3.05, 3.63) is 34.9 Å². The third-order valence-electron chi connectivity index (χ3n) is 3.26. The monoisotopic (exact) mass is 367 g/mol. The van der Waals surface area contributed by atoms with Crippen molar-refractivity contribution in [3.8, 4) is 0 Å². The number of benzene rings is 1. The van der Waals surface area contributed by atoms with Gasteiger partial charge in [-0.2, -0.15) is 39.5 Å². The number of nitrogens with one attached hydrogen (secondary N) is 1. The first-order chi connectivity index (χ1) is 10.7. The Labute approximate surface area is 127 Å². The van der Waals surface area contributed by atoms with Crippen LogP contribution in [0.25, 0.3) is 0 Å². The molecule has 1 amide bonds. The number of amides is 1. The SMILES string of the molecule is O=C1NCC(c2cc(C(F)(F)F)cc(C(F)(F)F)c2)(C(F)(F)F)O1. The van der Waals surface area contributed by atoms with Crippen molar-refractivity contribution in [1.29, 1.82) is 0 Å². The van der Waals surface area contributed by atoms with Crippen molar-refractivity contribution in [1.82, 2.24) is 5.32 Å². The lowest BCUT2D eigenvalue weighted by Gasteiger charge is -2.30. The van der Waals surface area contributed by atoms with Gasteiger partial charge >= 0.3 is 24.6 Å². The number of hydrogen-bond acceptors (Lipinski definition) is 2. The smallest absolute Gasteiger partial charge is 0.426 e. The summed E-state index contributed by atoms with van der Waals surface area (Å²) in [6.45, 7) is -1.35. The van der Waals surface area contributed by atoms with Gasteiger partial charge in [0, 0.05) is 5.56 Å². The molecule has 24 heavy (non-hydrogen) atoms. The van der Waals surface area contributed by atoms with Crippen molar-refractivity contribution in [3.63, 3.8) is 0 Å². The molecule has 1 aromatic carbocycles. The van der Waals surface area contributed by atoms with Crippen LogP contribution >= 0.6 is 0 Å². The van der Waals surface area contributed by atoms with Crippen LogP contribution in [0.3, 0.4) is 0 Å². The fourth-order valence-electron chi connectivity index (χ4n) is 2.10. The summed E-state index contributed by atoms with van der Waals surface area (Å²) in [6, 6.07) is -0.566. The molecule has 1 N–H and O–H groups in total. The van der Waals surface area contributed by atoms with E-state index >= 15 is 0 Å². The minimum absolute atomic E-state index is 0.122. The molecule has 1 aromatic rings. The van der Waals surface area contributed by atoms with Gasteiger partial charge in [-0.15, -0.1) is 0 Å². The highest BCUT2D eigenvalue weighted by atomic mass is 19.4. The maximum absolute atomic E-state index is 13.3. The van der Waals surface area contributed by atoms with Gasteiger partial charge in [0.25, 0.3) is 5.60 Å². The average Bonchev–Trinajstić information content (AvgIpc) is 2.79. The number of hydrogen-bond donors (Lipinski definition) is 1. The first kappa shape index (κ1) is 18.2. The van der Waals surface area contributed by atoms with E-state index in [1.54, 1.807) is 5.32 Å². The second kappa shape index (κ2) is 5.18. The Kier molecular flexibility index (Phi) is 3.93. The first-order valence-corrected chi connectivity index (χ1v) is 6.00. The molecule has 1 aliphatic heterocycles. The number of carbonyl (C=O) groups is 1. The molecule has 134 valence electrons. The molecule has 0 aromatic heterocycles. The third-order valence-corrected chi connectivity index (χ3v) is 3.26. The zero-order valence-corrected chi connectivity index (χ0v) is 11.2. The van der Waals surface area contributed by atoms with Crippen LogP contribution in [0, 0.1) is 0 Å². The minimum atomic E-state index is -5.45. The van der Waals surface area contributed by atoms with Gasteiger partial charge in [-0.25, -0.2) is 4.79 Å². The summed E-state index contributed by atoms with van der Waals surface area (Å²) >= 11 is 0. The van der Waals surface area contributed by atoms with Gasteiger partial charge in [-0.05, 0) is 18.2 Å². The van der Waals surface area contributed by atoms with Crippen LogP contribution in [0.15, 0.2) is 18.2 Å². The van der Waals surface area contributed by atoms with E-state index in [-0.39, 0.29) is 18.2 Å². The van der Waals surface area contributed by atoms with Crippen molar-refractivity contribution < 1.29 is 49.0 Å². The summed E-state index contributed by atoms with van der Waals surface area (Å²) in [7, 11) is 0. The molecule has 1 heterocycles. The van der Waals surface area contributed by atoms with Crippen LogP contribution in [-0.2, 0) is 22.7 Å². The van der Waals surface area contributed by atoms with Crippen LogP contribution in [0.4, 0.5) is 44.3 Å². The van der Waals surface area contributed by atoms with E-state index in [9.17, 15) is 44.3 Å². The Hall–Kier alpha value is -2.14. The number of cyclic esters (lactones) is 1. The molecule has 1 unspecified atom stereocenters. The topological polar surface area (TPSA) is 38.3 Å². The van der Waals surface area contributed by atoms with Crippen LogP contribution < -0.4 is 5.32 Å². The van der Waals surface area contributed by atoms with Crippen molar-refractivity contribution in [2.24, 2.45) is 0 Å². The predicted molar refractivity (Wildman–Crippen MR) is 58.7 cm³/mol. The van der Waals surface area contributed by atoms with Gasteiger partial charge in [0.2, 0.25) is 0 Å². The molecule has 1 fully saturated rings. The van der Waals surface area contributed by atoms with Gasteiger partial charge < -0.3 is 10.1 Å². The van der Waals surface area contributed by atoms with Crippen molar-refractivity contribution in [2.45, 2.75) is 24.1 Å². The molecule has 0 bridgehead atoms. The van der Waals surface area contributed by atoms with E-state index in [0.717, 1.165) is 0 Å². The van der Waals surface area contributed by atoms with E-state index in [0.29, 0.717) is 0 Å². The summed E-state index contributed by atoms with van der Waals surface area (Å²) in [4.78, 5) is 11.0. The largest absolute Gasteiger partial charge is 0.434 e. The van der Waals surface area contributed by atoms with Crippen LogP contribution in [0.5, 0.6) is 0 Å². The Morgan fingerprint density at radius 2 is 1.33 bits per heavy atom. The van der Waals surface area contributed by atoms with Gasteiger partial charge in [-0.1, -0.05) is 0 Å². The highest BCUT2D eigenvalue weighted by Crippen LogP contribution is 2.47. The van der Waals surface area contributed by atoms with Crippen molar-refractivity contribution in [2.75, 3.05) is 6.54 Å². The van der Waals surface area contributed by atoms with Gasteiger partial charge in [0.15, 0.2) is 0 Å². The quantitative estimate of drug-likeness (QED) is 0.755. The molecule has 2 rings (SSSR count). The Morgan fingerprint density at radius 1 is 0.875 bits per heavy atom. The summed E-state index contributed by atoms with van der Waals surface area (Å²) in [5.41, 5.74) is -9.01. The Bertz CT molecular complexity index is 630. The maximum atomic E-state index is 13.3. The fourth-order valence-corrected chi connectivity index (χ4v) is 2.10. The average molecular weight is 367 g/mol. The molecule has 12 heteroatoms. The standard InChI is InChI=1S/C12H6F9NO2/c13-10(14,15)6-1-5(2-7(3-6)11(16,17)18)9(12(19,20)21)4-22-8(23)24-9/h1-3H,4H2,(H,22,23). The van der Waals surface area contributed by atoms with Gasteiger partial charge in [0.05, 0.1) is 17.7 Å². The Balaban J connectivity index is 2.74. The molecule has 0 radical (unpaired) electrons. The number of ether oxygens (including phenoxy) is 1. The van der Waals surface area contributed by atoms with Gasteiger partial charge in [0.1, 0.15) is 0 Å². The normalized spacial score (nSPS) is 22.3. The lowest BCUT2D eigenvalue weighted by molar-refractivity contribution is -0.250. The number of halogens is 9. The maximum Gasteiger partial charge on any atom is 0.434 e. The zero-order chi connectivity index (χ0) is 18.6. The van der Waals surface area contributed by atoms with Crippen molar-refractivity contribution >= 4 is 6.09 Å². The Morgan fingerprint density at radius 3 is 1.62 bits per heavy atom. The highest BCUT2D eigenvalue weighted by Gasteiger charge is 2.63. The number of rotatable bonds is 1. The summed E-state index contributed by atoms with van der Waals surface area (Å²) in [5, 5.41) is 1.59. The molecule has 1 atom stereocenters. The molecule has 3 nitrogen and oxygen atoms in total. The highest BCUT2D eigenvalue weighted by molar-refractivity contribution is 5.71. The van der Waals surface area contributed by atoms with Crippen LogP contribution in [0.1, 0.15) is 16.7 Å². The number of carbonyl (C=O) groups excluding carboxylic acids is 1. The van der Waals surface area contributed by atoms with E-state index in [1.807, 2.05) is 0 Å². The van der Waals surface area contributed by atoms with E-state index in [1.165, 1.54) is 0 Å². The molecule has 0 saturated carbocycles. The lowest BCUT2D eigenvalue weighted by Crippen LogP contribution is -2.45.